The maximum Gasteiger partial charge on any atom is 0.0727 e. The zero-order valence-electron chi connectivity index (χ0n) is 31.4. The average Bonchev–Trinajstić information content (AvgIpc) is 3.89. The smallest absolute Gasteiger partial charge is 0.0727 e. The molecule has 0 saturated carbocycles. The number of hydrogen-bond donors (Lipinski definition) is 0. The second kappa shape index (κ2) is 10.7. The van der Waals surface area contributed by atoms with Crippen molar-refractivity contribution in [3.05, 3.63) is 202 Å². The fourth-order valence-electron chi connectivity index (χ4n) is 10.5. The molecule has 2 aromatic heterocycles. The van der Waals surface area contributed by atoms with Gasteiger partial charge in [0.1, 0.15) is 0 Å². The number of aryl methyl sites for hydroxylation is 4. The van der Waals surface area contributed by atoms with E-state index in [1.807, 2.05) is 0 Å². The highest BCUT2D eigenvalue weighted by Gasteiger charge is 2.52. The molecule has 0 unspecified atom stereocenters. The molecule has 0 N–H and O–H groups in total. The van der Waals surface area contributed by atoms with Crippen LogP contribution in [0.2, 0.25) is 0 Å². The summed E-state index contributed by atoms with van der Waals surface area (Å²) < 4.78 is 4.97. The summed E-state index contributed by atoms with van der Waals surface area (Å²) >= 11 is 0. The lowest BCUT2D eigenvalue weighted by atomic mass is 9.70. The van der Waals surface area contributed by atoms with Gasteiger partial charge in [-0.2, -0.15) is 0 Å². The summed E-state index contributed by atoms with van der Waals surface area (Å²) in [6, 6.07) is 60.4. The first-order valence-corrected chi connectivity index (χ1v) is 19.4. The Morgan fingerprint density at radius 2 is 0.636 bits per heavy atom. The van der Waals surface area contributed by atoms with Crippen molar-refractivity contribution in [2.24, 2.45) is 0 Å². The first-order chi connectivity index (χ1) is 26.9. The highest BCUT2D eigenvalue weighted by Crippen LogP contribution is 2.63. The van der Waals surface area contributed by atoms with Crippen LogP contribution in [-0.4, -0.2) is 9.13 Å². The lowest BCUT2D eigenvalue weighted by Gasteiger charge is -2.31. The van der Waals surface area contributed by atoms with Crippen molar-refractivity contribution in [3.63, 3.8) is 0 Å². The van der Waals surface area contributed by atoms with Gasteiger partial charge in [-0.05, 0) is 145 Å². The first-order valence-electron chi connectivity index (χ1n) is 19.4. The van der Waals surface area contributed by atoms with Gasteiger partial charge in [0.25, 0.3) is 0 Å². The van der Waals surface area contributed by atoms with Gasteiger partial charge in [-0.25, -0.2) is 0 Å². The van der Waals surface area contributed by atoms with Crippen molar-refractivity contribution in [3.8, 4) is 33.6 Å². The third-order valence-corrected chi connectivity index (χ3v) is 12.7. The first kappa shape index (κ1) is 30.8. The molecule has 0 atom stereocenters. The van der Waals surface area contributed by atoms with E-state index in [0.29, 0.717) is 0 Å². The molecular formula is C53H38N2. The van der Waals surface area contributed by atoms with Gasteiger partial charge >= 0.3 is 0 Å². The number of fused-ring (bicyclic) bond motifs is 16. The largest absolute Gasteiger partial charge is 0.309 e. The zero-order chi connectivity index (χ0) is 36.7. The molecule has 2 heteroatoms. The van der Waals surface area contributed by atoms with Crippen molar-refractivity contribution in [1.82, 2.24) is 9.13 Å². The van der Waals surface area contributed by atoms with Gasteiger partial charge in [0, 0.05) is 32.9 Å². The normalized spacial score (nSPS) is 13.6. The standard InChI is InChI=1S/C53H38N2/c1-31-13-21-49-41(25-31)42-26-32(2)14-22-50(42)54(49)35-17-19-39-40-20-18-36(55-51-23-15-33(3)27-43(51)44-28-34(4)16-24-52(44)55)30-48(40)53(47(39)29-35)45-11-7-5-9-37(45)38-10-6-8-12-46(38)53/h5-30H,1-4H3. The van der Waals surface area contributed by atoms with Crippen LogP contribution in [0.25, 0.3) is 77.2 Å². The maximum absolute atomic E-state index is 2.51. The summed E-state index contributed by atoms with van der Waals surface area (Å²) in [7, 11) is 0. The van der Waals surface area contributed by atoms with Crippen LogP contribution in [0.4, 0.5) is 0 Å². The van der Waals surface area contributed by atoms with Crippen LogP contribution in [0, 0.1) is 27.7 Å². The van der Waals surface area contributed by atoms with E-state index in [2.05, 4.69) is 195 Å². The molecular weight excluding hydrogens is 665 g/mol. The Morgan fingerprint density at radius 3 is 1.00 bits per heavy atom. The van der Waals surface area contributed by atoms with E-state index < -0.39 is 5.41 Å². The molecule has 1 spiro atoms. The monoisotopic (exact) mass is 702 g/mol. The Bertz CT molecular complexity index is 2970. The summed E-state index contributed by atoms with van der Waals surface area (Å²) in [5, 5.41) is 5.20. The SMILES string of the molecule is Cc1ccc2c(c1)c1cc(C)ccc1n2-c1ccc2c(c1)C1(c3ccccc3-c3ccccc31)c1cc(-n3c4ccc(C)cc4c4cc(C)ccc43)ccc1-2. The molecule has 0 bridgehead atoms. The number of rotatable bonds is 2. The molecule has 2 aliphatic rings. The molecule has 260 valence electrons. The number of aromatic nitrogens is 2. The van der Waals surface area contributed by atoms with Gasteiger partial charge in [-0.1, -0.05) is 107 Å². The molecule has 8 aromatic carbocycles. The molecule has 0 amide bonds. The Morgan fingerprint density at radius 1 is 0.309 bits per heavy atom. The molecule has 0 fully saturated rings. The van der Waals surface area contributed by atoms with E-state index in [0.717, 1.165) is 0 Å². The predicted octanol–water partition coefficient (Wildman–Crippen LogP) is 13.5. The third-order valence-electron chi connectivity index (χ3n) is 12.7. The molecule has 12 rings (SSSR count). The summed E-state index contributed by atoms with van der Waals surface area (Å²) in [5.74, 6) is 0. The Labute approximate surface area is 320 Å². The quantitative estimate of drug-likeness (QED) is 0.170. The van der Waals surface area contributed by atoms with Crippen LogP contribution >= 0.6 is 0 Å². The average molecular weight is 703 g/mol. The van der Waals surface area contributed by atoms with Gasteiger partial charge in [0.15, 0.2) is 0 Å². The van der Waals surface area contributed by atoms with Crippen LogP contribution in [0.1, 0.15) is 44.5 Å². The van der Waals surface area contributed by atoms with Crippen molar-refractivity contribution in [2.75, 3.05) is 0 Å². The van der Waals surface area contributed by atoms with Gasteiger partial charge in [0.2, 0.25) is 0 Å². The maximum atomic E-state index is 2.51. The van der Waals surface area contributed by atoms with Gasteiger partial charge in [-0.15, -0.1) is 0 Å². The van der Waals surface area contributed by atoms with Crippen LogP contribution in [0.5, 0.6) is 0 Å². The van der Waals surface area contributed by atoms with Crippen LogP contribution in [-0.2, 0) is 5.41 Å². The second-order valence-electron chi connectivity index (χ2n) is 16.1. The van der Waals surface area contributed by atoms with Crippen molar-refractivity contribution >= 4 is 43.6 Å². The topological polar surface area (TPSA) is 9.86 Å². The molecule has 2 heterocycles. The van der Waals surface area contributed by atoms with Gasteiger partial charge in [0.05, 0.1) is 27.5 Å². The van der Waals surface area contributed by atoms with E-state index in [1.54, 1.807) is 0 Å². The van der Waals surface area contributed by atoms with Gasteiger partial charge in [-0.3, -0.25) is 0 Å². The van der Waals surface area contributed by atoms with Crippen molar-refractivity contribution in [2.45, 2.75) is 33.1 Å². The molecule has 55 heavy (non-hydrogen) atoms. The van der Waals surface area contributed by atoms with Crippen LogP contribution in [0.15, 0.2) is 158 Å². The molecule has 10 aromatic rings. The second-order valence-corrected chi connectivity index (χ2v) is 16.1. The Balaban J connectivity index is 1.18. The van der Waals surface area contributed by atoms with E-state index >= 15 is 0 Å². The van der Waals surface area contributed by atoms with Crippen molar-refractivity contribution in [1.29, 1.82) is 0 Å². The summed E-state index contributed by atoms with van der Waals surface area (Å²) in [6.45, 7) is 8.78. The van der Waals surface area contributed by atoms with E-state index in [1.165, 1.54) is 122 Å². The highest BCUT2D eigenvalue weighted by molar-refractivity contribution is 6.11. The summed E-state index contributed by atoms with van der Waals surface area (Å²) in [6.07, 6.45) is 0. The molecule has 0 aliphatic heterocycles. The fraction of sp³-hybridized carbons (Fsp3) is 0.0943. The Kier molecular flexibility index (Phi) is 6.01. The fourth-order valence-corrected chi connectivity index (χ4v) is 10.5. The van der Waals surface area contributed by atoms with Gasteiger partial charge < -0.3 is 9.13 Å². The lowest BCUT2D eigenvalue weighted by molar-refractivity contribution is 0.791. The van der Waals surface area contributed by atoms with E-state index in [4.69, 9.17) is 0 Å². The van der Waals surface area contributed by atoms with Crippen LogP contribution in [0.3, 0.4) is 0 Å². The minimum absolute atomic E-state index is 0.484. The molecule has 0 radical (unpaired) electrons. The minimum Gasteiger partial charge on any atom is -0.309 e. The van der Waals surface area contributed by atoms with Crippen LogP contribution < -0.4 is 0 Å². The predicted molar refractivity (Wildman–Crippen MR) is 230 cm³/mol. The van der Waals surface area contributed by atoms with Crippen molar-refractivity contribution < 1.29 is 0 Å². The number of nitrogens with zero attached hydrogens (tertiary/aromatic N) is 2. The molecule has 2 aliphatic carbocycles. The molecule has 2 nitrogen and oxygen atoms in total. The third kappa shape index (κ3) is 3.94. The minimum atomic E-state index is -0.484. The lowest BCUT2D eigenvalue weighted by Crippen LogP contribution is -2.26. The summed E-state index contributed by atoms with van der Waals surface area (Å²) in [4.78, 5) is 0. The summed E-state index contributed by atoms with van der Waals surface area (Å²) in [5.41, 5.74) is 22.6. The number of hydrogen-bond acceptors (Lipinski definition) is 0. The molecule has 0 saturated heterocycles. The van der Waals surface area contributed by atoms with E-state index in [9.17, 15) is 0 Å². The van der Waals surface area contributed by atoms with E-state index in [-0.39, 0.29) is 0 Å². The Hall–Kier alpha value is -6.64. The zero-order valence-corrected chi connectivity index (χ0v) is 31.4. The highest BCUT2D eigenvalue weighted by atomic mass is 15.0. The number of benzene rings is 8.